The van der Waals surface area contributed by atoms with Gasteiger partial charge in [-0.1, -0.05) is 6.42 Å². The SMILES string of the molecule is O=C[C@@H]1CC2(CCC2)CN1C=O. The minimum atomic E-state index is -0.136. The maximum Gasteiger partial charge on any atom is 0.210 e. The van der Waals surface area contributed by atoms with Crippen LogP contribution in [-0.4, -0.2) is 30.2 Å². The number of likely N-dealkylation sites (tertiary alicyclic amines) is 1. The first-order valence-corrected chi connectivity index (χ1v) is 4.46. The van der Waals surface area contributed by atoms with Gasteiger partial charge < -0.3 is 9.69 Å². The zero-order valence-corrected chi connectivity index (χ0v) is 7.03. The first-order valence-electron chi connectivity index (χ1n) is 4.46. The molecule has 0 aromatic heterocycles. The second-order valence-electron chi connectivity index (χ2n) is 4.04. The molecule has 1 aliphatic carbocycles. The van der Waals surface area contributed by atoms with E-state index >= 15 is 0 Å². The highest BCUT2D eigenvalue weighted by atomic mass is 16.1. The van der Waals surface area contributed by atoms with Gasteiger partial charge in [-0.2, -0.15) is 0 Å². The molecule has 2 aliphatic rings. The van der Waals surface area contributed by atoms with Crippen LogP contribution in [0.5, 0.6) is 0 Å². The predicted octanol–water partition coefficient (Wildman–Crippen LogP) is 0.586. The van der Waals surface area contributed by atoms with Gasteiger partial charge in [-0.15, -0.1) is 0 Å². The Morgan fingerprint density at radius 1 is 1.33 bits per heavy atom. The van der Waals surface area contributed by atoms with E-state index in [0.29, 0.717) is 5.41 Å². The lowest BCUT2D eigenvalue weighted by molar-refractivity contribution is -0.123. The van der Waals surface area contributed by atoms with E-state index in [1.54, 1.807) is 4.90 Å². The van der Waals surface area contributed by atoms with Crippen LogP contribution in [0.3, 0.4) is 0 Å². The van der Waals surface area contributed by atoms with Crippen molar-refractivity contribution in [3.8, 4) is 0 Å². The fourth-order valence-electron chi connectivity index (χ4n) is 2.41. The molecule has 0 radical (unpaired) electrons. The molecule has 0 bridgehead atoms. The van der Waals surface area contributed by atoms with Gasteiger partial charge in [0.25, 0.3) is 0 Å². The van der Waals surface area contributed by atoms with Gasteiger partial charge in [0.15, 0.2) is 0 Å². The summed E-state index contributed by atoms with van der Waals surface area (Å²) in [6, 6.07) is -0.136. The Balaban J connectivity index is 2.08. The molecule has 1 atom stereocenters. The molecule has 2 rings (SSSR count). The summed E-state index contributed by atoms with van der Waals surface area (Å²) < 4.78 is 0. The summed E-state index contributed by atoms with van der Waals surface area (Å²) in [5, 5.41) is 0. The van der Waals surface area contributed by atoms with Gasteiger partial charge in [0, 0.05) is 6.54 Å². The molecular formula is C9H13NO2. The fourth-order valence-corrected chi connectivity index (χ4v) is 2.41. The summed E-state index contributed by atoms with van der Waals surface area (Å²) in [5.74, 6) is 0. The van der Waals surface area contributed by atoms with Crippen molar-refractivity contribution in [2.45, 2.75) is 31.7 Å². The number of rotatable bonds is 2. The molecule has 1 saturated heterocycles. The number of carbonyl (C=O) groups excluding carboxylic acids is 2. The van der Waals surface area contributed by atoms with Gasteiger partial charge >= 0.3 is 0 Å². The Morgan fingerprint density at radius 3 is 2.42 bits per heavy atom. The maximum atomic E-state index is 10.6. The topological polar surface area (TPSA) is 37.4 Å². The van der Waals surface area contributed by atoms with Gasteiger partial charge in [0.2, 0.25) is 6.41 Å². The summed E-state index contributed by atoms with van der Waals surface area (Å²) >= 11 is 0. The van der Waals surface area contributed by atoms with Crippen molar-refractivity contribution in [1.29, 1.82) is 0 Å². The molecule has 66 valence electrons. The lowest BCUT2D eigenvalue weighted by Crippen LogP contribution is -2.33. The third-order valence-corrected chi connectivity index (χ3v) is 3.29. The highest BCUT2D eigenvalue weighted by Crippen LogP contribution is 2.49. The second kappa shape index (κ2) is 2.57. The average Bonchev–Trinajstić information content (AvgIpc) is 2.42. The number of nitrogens with zero attached hydrogens (tertiary/aromatic N) is 1. The van der Waals surface area contributed by atoms with Crippen molar-refractivity contribution in [1.82, 2.24) is 4.90 Å². The first kappa shape index (κ1) is 7.77. The van der Waals surface area contributed by atoms with E-state index in [9.17, 15) is 9.59 Å². The quantitative estimate of drug-likeness (QED) is 0.564. The van der Waals surface area contributed by atoms with Crippen molar-refractivity contribution in [3.05, 3.63) is 0 Å². The van der Waals surface area contributed by atoms with E-state index in [1.165, 1.54) is 19.3 Å². The monoisotopic (exact) mass is 167 g/mol. The molecule has 1 saturated carbocycles. The van der Waals surface area contributed by atoms with Crippen molar-refractivity contribution >= 4 is 12.7 Å². The van der Waals surface area contributed by atoms with Crippen molar-refractivity contribution < 1.29 is 9.59 Å². The van der Waals surface area contributed by atoms with Crippen LogP contribution in [0.1, 0.15) is 25.7 Å². The Labute approximate surface area is 71.7 Å². The summed E-state index contributed by atoms with van der Waals surface area (Å²) in [4.78, 5) is 22.8. The molecule has 0 aromatic carbocycles. The Kier molecular flexibility index (Phi) is 1.67. The molecular weight excluding hydrogens is 154 g/mol. The van der Waals surface area contributed by atoms with E-state index < -0.39 is 0 Å². The van der Waals surface area contributed by atoms with Gasteiger partial charge in [-0.05, 0) is 24.7 Å². The Morgan fingerprint density at radius 2 is 2.08 bits per heavy atom. The zero-order valence-electron chi connectivity index (χ0n) is 7.03. The van der Waals surface area contributed by atoms with Gasteiger partial charge in [-0.25, -0.2) is 0 Å². The van der Waals surface area contributed by atoms with E-state index in [-0.39, 0.29) is 6.04 Å². The van der Waals surface area contributed by atoms with E-state index in [2.05, 4.69) is 0 Å². The number of amides is 1. The largest absolute Gasteiger partial charge is 0.335 e. The summed E-state index contributed by atoms with van der Waals surface area (Å²) in [5.41, 5.74) is 0.326. The van der Waals surface area contributed by atoms with Crippen LogP contribution in [0.4, 0.5) is 0 Å². The van der Waals surface area contributed by atoms with Crippen molar-refractivity contribution in [3.63, 3.8) is 0 Å². The number of carbonyl (C=O) groups is 2. The van der Waals surface area contributed by atoms with Crippen molar-refractivity contribution in [2.24, 2.45) is 5.41 Å². The molecule has 0 unspecified atom stereocenters. The van der Waals surface area contributed by atoms with Crippen molar-refractivity contribution in [2.75, 3.05) is 6.54 Å². The molecule has 1 amide bonds. The molecule has 2 fully saturated rings. The molecule has 0 aromatic rings. The normalized spacial score (nSPS) is 31.7. The summed E-state index contributed by atoms with van der Waals surface area (Å²) in [6.45, 7) is 0.805. The number of hydrogen-bond acceptors (Lipinski definition) is 2. The van der Waals surface area contributed by atoms with E-state index in [1.807, 2.05) is 0 Å². The minimum Gasteiger partial charge on any atom is -0.335 e. The van der Waals surface area contributed by atoms with Crippen LogP contribution < -0.4 is 0 Å². The van der Waals surface area contributed by atoms with Gasteiger partial charge in [0.1, 0.15) is 6.29 Å². The highest BCUT2D eigenvalue weighted by Gasteiger charge is 2.47. The maximum absolute atomic E-state index is 10.6. The lowest BCUT2D eigenvalue weighted by Gasteiger charge is -2.37. The average molecular weight is 167 g/mol. The van der Waals surface area contributed by atoms with Crippen LogP contribution in [-0.2, 0) is 9.59 Å². The third kappa shape index (κ3) is 0.958. The van der Waals surface area contributed by atoms with Crippen LogP contribution in [0, 0.1) is 5.41 Å². The zero-order chi connectivity index (χ0) is 8.60. The fraction of sp³-hybridized carbons (Fsp3) is 0.778. The summed E-state index contributed by atoms with van der Waals surface area (Å²) in [6.07, 6.45) is 6.27. The minimum absolute atomic E-state index is 0.136. The lowest BCUT2D eigenvalue weighted by atomic mass is 9.68. The molecule has 1 aliphatic heterocycles. The van der Waals surface area contributed by atoms with Crippen LogP contribution >= 0.6 is 0 Å². The number of hydrogen-bond donors (Lipinski definition) is 0. The standard InChI is InChI=1S/C9H13NO2/c11-5-8-4-9(2-1-3-9)6-10(8)7-12/h5,7-8H,1-4,6H2/t8-/m0/s1. The molecule has 1 spiro atoms. The third-order valence-electron chi connectivity index (χ3n) is 3.29. The Bertz CT molecular complexity index is 193. The van der Waals surface area contributed by atoms with Crippen LogP contribution in [0.25, 0.3) is 0 Å². The van der Waals surface area contributed by atoms with Gasteiger partial charge in [-0.3, -0.25) is 4.79 Å². The Hall–Kier alpha value is -0.860. The predicted molar refractivity (Wildman–Crippen MR) is 43.5 cm³/mol. The van der Waals surface area contributed by atoms with Crippen LogP contribution in [0.15, 0.2) is 0 Å². The van der Waals surface area contributed by atoms with E-state index in [4.69, 9.17) is 0 Å². The molecule has 0 N–H and O–H groups in total. The summed E-state index contributed by atoms with van der Waals surface area (Å²) in [7, 11) is 0. The second-order valence-corrected chi connectivity index (χ2v) is 4.04. The first-order chi connectivity index (χ1) is 5.79. The smallest absolute Gasteiger partial charge is 0.210 e. The molecule has 3 heteroatoms. The molecule has 1 heterocycles. The molecule has 12 heavy (non-hydrogen) atoms. The van der Waals surface area contributed by atoms with E-state index in [0.717, 1.165) is 25.7 Å². The number of aldehydes is 1. The molecule has 3 nitrogen and oxygen atoms in total. The van der Waals surface area contributed by atoms with Crippen LogP contribution in [0.2, 0.25) is 0 Å². The highest BCUT2D eigenvalue weighted by molar-refractivity contribution is 5.65. The van der Waals surface area contributed by atoms with Gasteiger partial charge in [0.05, 0.1) is 6.04 Å².